The number of nitrogens with one attached hydrogen (secondary N) is 1. The van der Waals surface area contributed by atoms with Gasteiger partial charge in [-0.2, -0.15) is 0 Å². The topological polar surface area (TPSA) is 65.5 Å². The fourth-order valence-electron chi connectivity index (χ4n) is 5.15. The van der Waals surface area contributed by atoms with Gasteiger partial charge in [-0.05, 0) is 58.7 Å². The van der Waals surface area contributed by atoms with Gasteiger partial charge in [-0.15, -0.1) is 11.3 Å². The number of hydrogen-bond donors (Lipinski definition) is 2. The van der Waals surface area contributed by atoms with Gasteiger partial charge in [0.2, 0.25) is 5.91 Å². The predicted molar refractivity (Wildman–Crippen MR) is 154 cm³/mol. The molecule has 1 fully saturated rings. The van der Waals surface area contributed by atoms with Gasteiger partial charge < -0.3 is 15.3 Å². The summed E-state index contributed by atoms with van der Waals surface area (Å²) in [6.45, 7) is 7.19. The maximum absolute atomic E-state index is 12.9. The van der Waals surface area contributed by atoms with Gasteiger partial charge in [0.1, 0.15) is 6.10 Å². The Kier molecular flexibility index (Phi) is 8.01. The number of amides is 1. The summed E-state index contributed by atoms with van der Waals surface area (Å²) < 4.78 is 0. The van der Waals surface area contributed by atoms with Crippen LogP contribution in [-0.2, 0) is 11.3 Å². The molecule has 1 aliphatic rings. The van der Waals surface area contributed by atoms with Gasteiger partial charge in [-0.1, -0.05) is 68.1 Å². The first-order chi connectivity index (χ1) is 18.5. The lowest BCUT2D eigenvalue weighted by atomic mass is 9.98. The first-order valence-corrected chi connectivity index (χ1v) is 13.9. The molecule has 6 heteroatoms. The molecule has 3 heterocycles. The van der Waals surface area contributed by atoms with E-state index >= 15 is 0 Å². The van der Waals surface area contributed by atoms with Gasteiger partial charge in [0.05, 0.1) is 12.0 Å². The van der Waals surface area contributed by atoms with Gasteiger partial charge in [0.15, 0.2) is 0 Å². The molecule has 5 rings (SSSR count). The number of aromatic nitrogens is 1. The zero-order chi connectivity index (χ0) is 26.5. The first-order valence-electron chi connectivity index (χ1n) is 13.1. The van der Waals surface area contributed by atoms with Crippen LogP contribution in [0.15, 0.2) is 103 Å². The van der Waals surface area contributed by atoms with Crippen molar-refractivity contribution in [2.24, 2.45) is 5.92 Å². The fourth-order valence-corrected chi connectivity index (χ4v) is 6.08. The zero-order valence-electron chi connectivity index (χ0n) is 21.6. The lowest BCUT2D eigenvalue weighted by Crippen LogP contribution is -2.40. The molecule has 1 amide bonds. The van der Waals surface area contributed by atoms with Crippen LogP contribution in [0.5, 0.6) is 0 Å². The van der Waals surface area contributed by atoms with Crippen molar-refractivity contribution in [1.82, 2.24) is 15.2 Å². The molecule has 3 atom stereocenters. The lowest BCUT2D eigenvalue weighted by Gasteiger charge is -2.33. The van der Waals surface area contributed by atoms with Crippen LogP contribution >= 0.6 is 11.3 Å². The number of carbonyl (C=O) groups excluding carboxylic acids is 1. The minimum atomic E-state index is -0.938. The second kappa shape index (κ2) is 11.8. The van der Waals surface area contributed by atoms with E-state index in [4.69, 9.17) is 0 Å². The smallest absolute Gasteiger partial charge is 0.226 e. The summed E-state index contributed by atoms with van der Waals surface area (Å²) in [6, 6.07) is 24.9. The van der Waals surface area contributed by atoms with Crippen LogP contribution in [-0.4, -0.2) is 33.5 Å². The molecular weight excluding hydrogens is 490 g/mol. The molecule has 1 aliphatic heterocycles. The largest absolute Gasteiger partial charge is 0.386 e. The number of hydrogen-bond acceptors (Lipinski definition) is 5. The van der Waals surface area contributed by atoms with E-state index in [1.54, 1.807) is 18.3 Å². The minimum Gasteiger partial charge on any atom is -0.386 e. The maximum Gasteiger partial charge on any atom is 0.226 e. The Morgan fingerprint density at radius 1 is 1.08 bits per heavy atom. The van der Waals surface area contributed by atoms with Crippen molar-refractivity contribution in [3.63, 3.8) is 0 Å². The average Bonchev–Trinajstić information content (AvgIpc) is 3.66. The van der Waals surface area contributed by atoms with E-state index in [0.717, 1.165) is 36.1 Å². The Morgan fingerprint density at radius 3 is 2.55 bits per heavy atom. The van der Waals surface area contributed by atoms with Gasteiger partial charge >= 0.3 is 0 Å². The quantitative estimate of drug-likeness (QED) is 0.265. The third kappa shape index (κ3) is 5.57. The van der Waals surface area contributed by atoms with E-state index in [0.29, 0.717) is 12.2 Å². The fraction of sp³-hybridized carbons (Fsp3) is 0.250. The van der Waals surface area contributed by atoms with Gasteiger partial charge in [-0.25, -0.2) is 0 Å². The number of carbonyl (C=O) groups is 1. The third-order valence-corrected chi connectivity index (χ3v) is 8.34. The van der Waals surface area contributed by atoms with Crippen molar-refractivity contribution in [3.8, 4) is 21.6 Å². The standard InChI is InChI=1S/C32H33N3O2S/c1-22(30(36)23(2)35-19-6-9-29(35)26-7-4-3-5-8-26)32(37)34-21-24-10-12-27(13-11-24)31-28(16-20-38-31)25-14-17-33-18-15-25/h3-5,7-8,10-18,20,22,29-30,36H,2,6,9,19,21H2,1H3,(H,34,37). The number of nitrogens with zero attached hydrogens (tertiary/aromatic N) is 2. The van der Waals surface area contributed by atoms with E-state index < -0.39 is 12.0 Å². The Morgan fingerprint density at radius 2 is 1.82 bits per heavy atom. The van der Waals surface area contributed by atoms with E-state index in [-0.39, 0.29) is 11.9 Å². The number of pyridine rings is 1. The molecule has 0 saturated carbocycles. The number of likely N-dealkylation sites (tertiary alicyclic amines) is 1. The SMILES string of the molecule is C=C(C(O)C(C)C(=O)NCc1ccc(-c2sccc2-c2ccncc2)cc1)N1CCCC1c1ccccc1. The molecule has 4 aromatic rings. The molecule has 194 valence electrons. The van der Waals surface area contributed by atoms with Crippen molar-refractivity contribution in [1.29, 1.82) is 0 Å². The summed E-state index contributed by atoms with van der Waals surface area (Å²) in [7, 11) is 0. The zero-order valence-corrected chi connectivity index (χ0v) is 22.4. The molecule has 3 unspecified atom stereocenters. The van der Waals surface area contributed by atoms with E-state index in [1.165, 1.54) is 16.0 Å². The summed E-state index contributed by atoms with van der Waals surface area (Å²) in [4.78, 5) is 20.4. The summed E-state index contributed by atoms with van der Waals surface area (Å²) in [6.07, 6.45) is 4.73. The number of aliphatic hydroxyl groups is 1. The van der Waals surface area contributed by atoms with Gasteiger partial charge in [0.25, 0.3) is 0 Å². The van der Waals surface area contributed by atoms with Crippen molar-refractivity contribution in [3.05, 3.63) is 114 Å². The second-order valence-corrected chi connectivity index (χ2v) is 10.7. The van der Waals surface area contributed by atoms with Crippen molar-refractivity contribution in [2.45, 2.75) is 38.5 Å². The van der Waals surface area contributed by atoms with Crippen molar-refractivity contribution < 1.29 is 9.90 Å². The Bertz CT molecular complexity index is 1370. The highest BCUT2D eigenvalue weighted by Gasteiger charge is 2.33. The predicted octanol–water partition coefficient (Wildman–Crippen LogP) is 6.44. The summed E-state index contributed by atoms with van der Waals surface area (Å²) in [5.41, 5.74) is 6.31. The number of aliphatic hydroxyl groups excluding tert-OH is 1. The Balaban J connectivity index is 1.18. The molecule has 2 N–H and O–H groups in total. The van der Waals surface area contributed by atoms with E-state index in [1.807, 2.05) is 54.9 Å². The molecule has 0 aliphatic carbocycles. The second-order valence-electron chi connectivity index (χ2n) is 9.80. The highest BCUT2D eigenvalue weighted by Crippen LogP contribution is 2.37. The minimum absolute atomic E-state index is 0.184. The van der Waals surface area contributed by atoms with Crippen molar-refractivity contribution >= 4 is 17.2 Å². The van der Waals surface area contributed by atoms with Crippen LogP contribution in [0.1, 0.15) is 36.9 Å². The molecule has 0 radical (unpaired) electrons. The molecule has 5 nitrogen and oxygen atoms in total. The van der Waals surface area contributed by atoms with Crippen LogP contribution in [0.25, 0.3) is 21.6 Å². The average molecular weight is 524 g/mol. The third-order valence-electron chi connectivity index (χ3n) is 7.37. The van der Waals surface area contributed by atoms with Gasteiger partial charge in [0, 0.05) is 41.6 Å². The Hall–Kier alpha value is -3.74. The summed E-state index contributed by atoms with van der Waals surface area (Å²) >= 11 is 1.71. The van der Waals surface area contributed by atoms with Crippen LogP contribution in [0.3, 0.4) is 0 Å². The molecule has 38 heavy (non-hydrogen) atoms. The number of benzene rings is 2. The number of rotatable bonds is 9. The highest BCUT2D eigenvalue weighted by atomic mass is 32.1. The maximum atomic E-state index is 12.9. The molecule has 2 aromatic heterocycles. The van der Waals surface area contributed by atoms with Crippen LogP contribution in [0.4, 0.5) is 0 Å². The molecule has 0 bridgehead atoms. The molecule has 2 aromatic carbocycles. The highest BCUT2D eigenvalue weighted by molar-refractivity contribution is 7.14. The monoisotopic (exact) mass is 523 g/mol. The summed E-state index contributed by atoms with van der Waals surface area (Å²) in [5, 5.41) is 16.1. The summed E-state index contributed by atoms with van der Waals surface area (Å²) in [5.74, 6) is -0.788. The van der Waals surface area contributed by atoms with Crippen LogP contribution in [0, 0.1) is 5.92 Å². The first kappa shape index (κ1) is 25.9. The van der Waals surface area contributed by atoms with E-state index in [2.05, 4.69) is 57.5 Å². The van der Waals surface area contributed by atoms with Crippen molar-refractivity contribution in [2.75, 3.05) is 6.54 Å². The molecule has 0 spiro atoms. The van der Waals surface area contributed by atoms with Crippen LogP contribution in [0.2, 0.25) is 0 Å². The van der Waals surface area contributed by atoms with Crippen LogP contribution < -0.4 is 5.32 Å². The van der Waals surface area contributed by atoms with E-state index in [9.17, 15) is 9.90 Å². The normalized spacial score (nSPS) is 16.7. The number of thiophene rings is 1. The molecule has 1 saturated heterocycles. The van der Waals surface area contributed by atoms with Gasteiger partial charge in [-0.3, -0.25) is 9.78 Å². The molecular formula is C32H33N3O2S. The lowest BCUT2D eigenvalue weighted by molar-refractivity contribution is -0.127. The Labute approximate surface area is 228 Å².